The van der Waals surface area contributed by atoms with E-state index >= 15 is 0 Å². The monoisotopic (exact) mass is 408 g/mol. The van der Waals surface area contributed by atoms with Gasteiger partial charge in [-0.05, 0) is 73.2 Å². The maximum Gasteiger partial charge on any atom is 0.258 e. The van der Waals surface area contributed by atoms with Crippen LogP contribution in [0, 0.1) is 11.8 Å². The van der Waals surface area contributed by atoms with Gasteiger partial charge in [-0.3, -0.25) is 4.79 Å². The Morgan fingerprint density at radius 3 is 2.77 bits per heavy atom. The first kappa shape index (κ1) is 19.0. The van der Waals surface area contributed by atoms with Crippen molar-refractivity contribution in [1.82, 2.24) is 14.8 Å². The molecule has 2 aliphatic rings. The van der Waals surface area contributed by atoms with Crippen molar-refractivity contribution in [2.45, 2.75) is 37.9 Å². The highest BCUT2D eigenvalue weighted by Crippen LogP contribution is 2.45. The Bertz CT molecular complexity index is 1160. The second kappa shape index (κ2) is 7.07. The minimum absolute atomic E-state index is 0.0406. The Kier molecular flexibility index (Phi) is 4.49. The number of hydrogen-bond donors (Lipinski definition) is 1. The minimum atomic E-state index is -0.837. The summed E-state index contributed by atoms with van der Waals surface area (Å²) in [6.07, 6.45) is 4.81. The lowest BCUT2D eigenvalue weighted by Gasteiger charge is -2.38. The van der Waals surface area contributed by atoms with Crippen LogP contribution in [0.4, 0.5) is 10.2 Å². The SMILES string of the molecule is CN(c1ccc(-c2cc3c(=O)n(C)ccc3cc2O)nn1)[C@@H]1C[C@H]2CC[C@H](C2)[C@@H]1F. The minimum Gasteiger partial charge on any atom is -0.507 e. The molecule has 3 aromatic rings. The lowest BCUT2D eigenvalue weighted by atomic mass is 9.83. The highest BCUT2D eigenvalue weighted by atomic mass is 19.1. The molecule has 0 amide bonds. The molecule has 30 heavy (non-hydrogen) atoms. The zero-order valence-electron chi connectivity index (χ0n) is 17.1. The third-order valence-corrected chi connectivity index (χ3v) is 6.96. The van der Waals surface area contributed by atoms with Crippen LogP contribution in [0.2, 0.25) is 0 Å². The fourth-order valence-electron chi connectivity index (χ4n) is 5.18. The van der Waals surface area contributed by atoms with Gasteiger partial charge in [-0.1, -0.05) is 0 Å². The molecular formula is C23H25FN4O2. The molecule has 6 nitrogen and oxygen atoms in total. The van der Waals surface area contributed by atoms with Gasteiger partial charge in [0.1, 0.15) is 11.9 Å². The molecule has 2 aliphatic carbocycles. The van der Waals surface area contributed by atoms with E-state index < -0.39 is 6.17 Å². The molecule has 2 bridgehead atoms. The van der Waals surface area contributed by atoms with Crippen molar-refractivity contribution in [3.63, 3.8) is 0 Å². The molecule has 1 N–H and O–H groups in total. The molecule has 2 heterocycles. The third-order valence-electron chi connectivity index (χ3n) is 6.96. The maximum atomic E-state index is 14.9. The number of aryl methyl sites for hydroxylation is 1. The number of nitrogens with zero attached hydrogens (tertiary/aromatic N) is 4. The number of alkyl halides is 1. The number of fused-ring (bicyclic) bond motifs is 3. The summed E-state index contributed by atoms with van der Waals surface area (Å²) in [7, 11) is 3.57. The molecule has 5 rings (SSSR count). The molecule has 0 aliphatic heterocycles. The van der Waals surface area contributed by atoms with Gasteiger partial charge in [0.05, 0.1) is 11.7 Å². The molecule has 1 aromatic carbocycles. The predicted octanol–water partition coefficient (Wildman–Crippen LogP) is 3.66. The number of anilines is 1. The van der Waals surface area contributed by atoms with E-state index in [1.807, 2.05) is 11.9 Å². The van der Waals surface area contributed by atoms with Crippen LogP contribution in [0.15, 0.2) is 41.3 Å². The van der Waals surface area contributed by atoms with Crippen molar-refractivity contribution in [2.75, 3.05) is 11.9 Å². The molecule has 0 unspecified atom stereocenters. The number of aromatic nitrogens is 3. The van der Waals surface area contributed by atoms with E-state index in [1.54, 1.807) is 43.6 Å². The zero-order chi connectivity index (χ0) is 21.0. The van der Waals surface area contributed by atoms with E-state index in [-0.39, 0.29) is 23.3 Å². The fraction of sp³-hybridized carbons (Fsp3) is 0.435. The number of rotatable bonds is 3. The first-order valence-electron chi connectivity index (χ1n) is 10.5. The smallest absolute Gasteiger partial charge is 0.258 e. The molecule has 2 saturated carbocycles. The van der Waals surface area contributed by atoms with Gasteiger partial charge in [-0.15, -0.1) is 10.2 Å². The van der Waals surface area contributed by atoms with Crippen LogP contribution in [0.25, 0.3) is 22.0 Å². The lowest BCUT2D eigenvalue weighted by Crippen LogP contribution is -2.46. The van der Waals surface area contributed by atoms with Gasteiger partial charge in [-0.25, -0.2) is 4.39 Å². The number of phenols is 1. The van der Waals surface area contributed by atoms with Crippen LogP contribution in [0.3, 0.4) is 0 Å². The summed E-state index contributed by atoms with van der Waals surface area (Å²) in [5, 5.41) is 20.2. The van der Waals surface area contributed by atoms with Crippen molar-refractivity contribution in [3.8, 4) is 17.0 Å². The van der Waals surface area contributed by atoms with Gasteiger partial charge in [0.15, 0.2) is 5.82 Å². The second-order valence-electron chi connectivity index (χ2n) is 8.76. The molecule has 2 aromatic heterocycles. The molecule has 156 valence electrons. The molecular weight excluding hydrogens is 383 g/mol. The van der Waals surface area contributed by atoms with Crippen molar-refractivity contribution < 1.29 is 9.50 Å². The summed E-state index contributed by atoms with van der Waals surface area (Å²) in [4.78, 5) is 14.3. The normalized spacial score (nSPS) is 25.6. The van der Waals surface area contributed by atoms with Crippen LogP contribution < -0.4 is 10.5 Å². The van der Waals surface area contributed by atoms with Gasteiger partial charge in [0.2, 0.25) is 0 Å². The summed E-state index contributed by atoms with van der Waals surface area (Å²) >= 11 is 0. The topological polar surface area (TPSA) is 71.2 Å². The Hall–Kier alpha value is -2.96. The highest BCUT2D eigenvalue weighted by Gasteiger charge is 2.44. The van der Waals surface area contributed by atoms with Gasteiger partial charge in [0, 0.05) is 31.2 Å². The number of aromatic hydroxyl groups is 1. The average molecular weight is 408 g/mol. The Morgan fingerprint density at radius 1 is 1.17 bits per heavy atom. The van der Waals surface area contributed by atoms with Gasteiger partial charge in [-0.2, -0.15) is 0 Å². The van der Waals surface area contributed by atoms with E-state index in [9.17, 15) is 14.3 Å². The predicted molar refractivity (Wildman–Crippen MR) is 114 cm³/mol. The van der Waals surface area contributed by atoms with E-state index in [0.717, 1.165) is 25.7 Å². The first-order valence-corrected chi connectivity index (χ1v) is 10.5. The van der Waals surface area contributed by atoms with Crippen molar-refractivity contribution in [2.24, 2.45) is 18.9 Å². The Balaban J connectivity index is 1.46. The van der Waals surface area contributed by atoms with Gasteiger partial charge < -0.3 is 14.6 Å². The zero-order valence-corrected chi connectivity index (χ0v) is 17.1. The number of benzene rings is 1. The summed E-state index contributed by atoms with van der Waals surface area (Å²) in [5.41, 5.74) is 0.781. The first-order chi connectivity index (χ1) is 14.4. The third kappa shape index (κ3) is 3.04. The molecule has 2 fully saturated rings. The second-order valence-corrected chi connectivity index (χ2v) is 8.76. The number of pyridine rings is 1. The average Bonchev–Trinajstić information content (AvgIpc) is 3.16. The number of hydrogen-bond acceptors (Lipinski definition) is 5. The largest absolute Gasteiger partial charge is 0.507 e. The summed E-state index contributed by atoms with van der Waals surface area (Å²) < 4.78 is 16.4. The molecule has 4 atom stereocenters. The van der Waals surface area contributed by atoms with Crippen LogP contribution >= 0.6 is 0 Å². The van der Waals surface area contributed by atoms with Crippen molar-refractivity contribution >= 4 is 16.6 Å². The van der Waals surface area contributed by atoms with Crippen LogP contribution in [-0.2, 0) is 7.05 Å². The van der Waals surface area contributed by atoms with Crippen molar-refractivity contribution in [1.29, 1.82) is 0 Å². The van der Waals surface area contributed by atoms with Gasteiger partial charge in [0.25, 0.3) is 5.56 Å². The fourth-order valence-corrected chi connectivity index (χ4v) is 5.18. The number of halogens is 1. The standard InChI is InChI=1S/C23H25FN4O2/c1-27-8-7-14-11-20(29)17(12-16(14)23(27)30)18-5-6-21(26-25-18)28(2)19-10-13-3-4-15(9-13)22(19)24/h5-8,11-13,15,19,22,29H,3-4,9-10H2,1-2H3/t13-,15+,19+,22-/m0/s1. The molecule has 0 spiro atoms. The summed E-state index contributed by atoms with van der Waals surface area (Å²) in [5.74, 6) is 1.43. The summed E-state index contributed by atoms with van der Waals surface area (Å²) in [6.45, 7) is 0. The van der Waals surface area contributed by atoms with Crippen LogP contribution in [0.1, 0.15) is 25.7 Å². The summed E-state index contributed by atoms with van der Waals surface area (Å²) in [6, 6.07) is 8.40. The molecule has 0 saturated heterocycles. The van der Waals surface area contributed by atoms with E-state index in [4.69, 9.17) is 0 Å². The van der Waals surface area contributed by atoms with E-state index in [1.165, 1.54) is 4.57 Å². The number of phenolic OH excluding ortho intramolecular Hbond substituents is 1. The molecule has 7 heteroatoms. The highest BCUT2D eigenvalue weighted by molar-refractivity contribution is 5.89. The van der Waals surface area contributed by atoms with E-state index in [0.29, 0.717) is 33.8 Å². The lowest BCUT2D eigenvalue weighted by molar-refractivity contribution is 0.144. The molecule has 0 radical (unpaired) electrons. The van der Waals surface area contributed by atoms with Gasteiger partial charge >= 0.3 is 0 Å². The van der Waals surface area contributed by atoms with Crippen molar-refractivity contribution in [3.05, 3.63) is 46.9 Å². The van der Waals surface area contributed by atoms with E-state index in [2.05, 4.69) is 10.2 Å². The Labute approximate surface area is 174 Å². The maximum absolute atomic E-state index is 14.9. The van der Waals surface area contributed by atoms with Crippen LogP contribution in [-0.4, -0.2) is 39.1 Å². The van der Waals surface area contributed by atoms with Crippen LogP contribution in [0.5, 0.6) is 5.75 Å². The quantitative estimate of drug-likeness (QED) is 0.716. The Morgan fingerprint density at radius 2 is 2.00 bits per heavy atom.